The van der Waals surface area contributed by atoms with E-state index >= 15 is 0 Å². The van der Waals surface area contributed by atoms with Gasteiger partial charge in [-0.25, -0.2) is 4.98 Å². The number of halogens is 1. The van der Waals surface area contributed by atoms with Crippen molar-refractivity contribution in [1.29, 1.82) is 0 Å². The molecule has 0 aliphatic carbocycles. The Morgan fingerprint density at radius 1 is 1.37 bits per heavy atom. The molecule has 6 heteroatoms. The monoisotopic (exact) mass is 297 g/mol. The molecule has 2 N–H and O–H groups in total. The molecule has 0 spiro atoms. The highest BCUT2D eigenvalue weighted by Crippen LogP contribution is 2.28. The second kappa shape index (κ2) is 5.75. The van der Waals surface area contributed by atoms with E-state index in [9.17, 15) is 4.79 Å². The van der Waals surface area contributed by atoms with Gasteiger partial charge in [-0.3, -0.25) is 4.79 Å². The van der Waals surface area contributed by atoms with Crippen molar-refractivity contribution in [3.05, 3.63) is 43.6 Å². The van der Waals surface area contributed by atoms with Crippen LogP contribution in [0.2, 0.25) is 4.34 Å². The summed E-state index contributed by atoms with van der Waals surface area (Å²) in [5, 5.41) is 3.23. The predicted molar refractivity (Wildman–Crippen MR) is 80.3 cm³/mol. The van der Waals surface area contributed by atoms with Crippen LogP contribution in [0.1, 0.15) is 43.4 Å². The Morgan fingerprint density at radius 3 is 2.68 bits per heavy atom. The SMILES string of the molecule is CC(C)c1nc(NC(C)c2ccc(Cl)s2)cc(=O)[nH]1. The van der Waals surface area contributed by atoms with E-state index in [-0.39, 0.29) is 17.5 Å². The molecule has 19 heavy (non-hydrogen) atoms. The molecule has 0 aliphatic rings. The quantitative estimate of drug-likeness (QED) is 0.903. The molecule has 2 aromatic heterocycles. The minimum absolute atomic E-state index is 0.0619. The van der Waals surface area contributed by atoms with E-state index in [0.29, 0.717) is 11.6 Å². The molecular weight excluding hydrogens is 282 g/mol. The zero-order valence-corrected chi connectivity index (χ0v) is 12.6. The topological polar surface area (TPSA) is 57.8 Å². The minimum atomic E-state index is -0.141. The van der Waals surface area contributed by atoms with Crippen LogP contribution in [0.15, 0.2) is 23.0 Å². The Bertz CT molecular complexity index is 620. The van der Waals surface area contributed by atoms with Gasteiger partial charge in [-0.2, -0.15) is 0 Å². The first-order valence-electron chi connectivity index (χ1n) is 6.08. The molecule has 1 unspecified atom stereocenters. The normalized spacial score (nSPS) is 12.7. The van der Waals surface area contributed by atoms with Crippen LogP contribution in [0.3, 0.4) is 0 Å². The molecule has 0 saturated carbocycles. The summed E-state index contributed by atoms with van der Waals surface area (Å²) in [6, 6.07) is 5.37. The van der Waals surface area contributed by atoms with Gasteiger partial charge in [0.1, 0.15) is 11.6 Å². The summed E-state index contributed by atoms with van der Waals surface area (Å²) in [5.74, 6) is 1.46. The number of thiophene rings is 1. The van der Waals surface area contributed by atoms with Crippen LogP contribution >= 0.6 is 22.9 Å². The Labute approximate surface area is 120 Å². The Kier molecular flexibility index (Phi) is 4.27. The van der Waals surface area contributed by atoms with Gasteiger partial charge in [-0.15, -0.1) is 11.3 Å². The summed E-state index contributed by atoms with van der Waals surface area (Å²) in [6.45, 7) is 6.00. The first-order valence-corrected chi connectivity index (χ1v) is 7.28. The summed E-state index contributed by atoms with van der Waals surface area (Å²) in [6.07, 6.45) is 0. The van der Waals surface area contributed by atoms with Crippen LogP contribution in [0, 0.1) is 0 Å². The number of rotatable bonds is 4. The van der Waals surface area contributed by atoms with Crippen molar-refractivity contribution in [2.24, 2.45) is 0 Å². The number of hydrogen-bond acceptors (Lipinski definition) is 4. The molecule has 0 bridgehead atoms. The van der Waals surface area contributed by atoms with Crippen LogP contribution in [-0.4, -0.2) is 9.97 Å². The van der Waals surface area contributed by atoms with Gasteiger partial charge in [0.05, 0.1) is 10.4 Å². The number of nitrogens with zero attached hydrogens (tertiary/aromatic N) is 1. The fraction of sp³-hybridized carbons (Fsp3) is 0.385. The van der Waals surface area contributed by atoms with E-state index in [1.54, 1.807) is 0 Å². The van der Waals surface area contributed by atoms with Crippen LogP contribution in [0.4, 0.5) is 5.82 Å². The van der Waals surface area contributed by atoms with Crippen molar-refractivity contribution < 1.29 is 0 Å². The average Bonchev–Trinajstić information content (AvgIpc) is 2.75. The Morgan fingerprint density at radius 2 is 2.11 bits per heavy atom. The third kappa shape index (κ3) is 3.58. The van der Waals surface area contributed by atoms with Crippen molar-refractivity contribution in [3.8, 4) is 0 Å². The Balaban J connectivity index is 2.21. The first kappa shape index (κ1) is 14.1. The first-order chi connectivity index (χ1) is 8.95. The molecule has 2 rings (SSSR count). The highest BCUT2D eigenvalue weighted by Gasteiger charge is 2.11. The molecule has 2 aromatic rings. The molecule has 0 fully saturated rings. The zero-order chi connectivity index (χ0) is 14.0. The van der Waals surface area contributed by atoms with E-state index in [2.05, 4.69) is 15.3 Å². The van der Waals surface area contributed by atoms with E-state index in [1.165, 1.54) is 17.4 Å². The van der Waals surface area contributed by atoms with Crippen LogP contribution < -0.4 is 10.9 Å². The van der Waals surface area contributed by atoms with Crippen molar-refractivity contribution in [2.75, 3.05) is 5.32 Å². The lowest BCUT2D eigenvalue weighted by molar-refractivity contribution is 0.762. The summed E-state index contributed by atoms with van der Waals surface area (Å²) in [5.41, 5.74) is -0.141. The largest absolute Gasteiger partial charge is 0.363 e. The van der Waals surface area contributed by atoms with Gasteiger partial charge in [0.2, 0.25) is 0 Å². The van der Waals surface area contributed by atoms with Crippen molar-refractivity contribution >= 4 is 28.8 Å². The minimum Gasteiger partial charge on any atom is -0.363 e. The van der Waals surface area contributed by atoms with E-state index < -0.39 is 0 Å². The van der Waals surface area contributed by atoms with Crippen molar-refractivity contribution in [1.82, 2.24) is 9.97 Å². The van der Waals surface area contributed by atoms with E-state index in [4.69, 9.17) is 11.6 Å². The molecule has 0 saturated heterocycles. The maximum absolute atomic E-state index is 11.6. The van der Waals surface area contributed by atoms with Crippen LogP contribution in [-0.2, 0) is 0 Å². The molecule has 0 aromatic carbocycles. The number of nitrogens with one attached hydrogen (secondary N) is 2. The van der Waals surface area contributed by atoms with Gasteiger partial charge in [0.25, 0.3) is 5.56 Å². The van der Waals surface area contributed by atoms with Crippen molar-refractivity contribution in [2.45, 2.75) is 32.7 Å². The van der Waals surface area contributed by atoms with E-state index in [0.717, 1.165) is 9.21 Å². The zero-order valence-electron chi connectivity index (χ0n) is 11.0. The summed E-state index contributed by atoms with van der Waals surface area (Å²) < 4.78 is 0.755. The summed E-state index contributed by atoms with van der Waals surface area (Å²) in [7, 11) is 0. The second-order valence-electron chi connectivity index (χ2n) is 4.68. The number of anilines is 1. The second-order valence-corrected chi connectivity index (χ2v) is 6.43. The van der Waals surface area contributed by atoms with E-state index in [1.807, 2.05) is 32.9 Å². The number of hydrogen-bond donors (Lipinski definition) is 2. The number of aromatic nitrogens is 2. The molecule has 4 nitrogen and oxygen atoms in total. The molecule has 1 atom stereocenters. The highest BCUT2D eigenvalue weighted by atomic mass is 35.5. The lowest BCUT2D eigenvalue weighted by atomic mass is 10.2. The van der Waals surface area contributed by atoms with Crippen molar-refractivity contribution in [3.63, 3.8) is 0 Å². The molecule has 2 heterocycles. The highest BCUT2D eigenvalue weighted by molar-refractivity contribution is 7.16. The molecule has 0 aliphatic heterocycles. The Hall–Kier alpha value is -1.33. The lowest BCUT2D eigenvalue weighted by Crippen LogP contribution is -2.15. The van der Waals surface area contributed by atoms with Crippen LogP contribution in [0.5, 0.6) is 0 Å². The maximum atomic E-state index is 11.6. The van der Waals surface area contributed by atoms with Gasteiger partial charge in [-0.05, 0) is 19.1 Å². The standard InChI is InChI=1S/C13H16ClN3OS/c1-7(2)13-16-11(6-12(18)17-13)15-8(3)9-4-5-10(14)19-9/h4-8H,1-3H3,(H2,15,16,17,18). The predicted octanol–water partition coefficient (Wildman–Crippen LogP) is 3.78. The van der Waals surface area contributed by atoms with Gasteiger partial charge < -0.3 is 10.3 Å². The van der Waals surface area contributed by atoms with Gasteiger partial charge in [0.15, 0.2) is 0 Å². The molecular formula is C13H16ClN3OS. The van der Waals surface area contributed by atoms with Gasteiger partial charge in [-0.1, -0.05) is 25.4 Å². The number of H-pyrrole nitrogens is 1. The smallest absolute Gasteiger partial charge is 0.252 e. The van der Waals surface area contributed by atoms with Gasteiger partial charge >= 0.3 is 0 Å². The van der Waals surface area contributed by atoms with Gasteiger partial charge in [0, 0.05) is 16.9 Å². The van der Waals surface area contributed by atoms with Crippen LogP contribution in [0.25, 0.3) is 0 Å². The fourth-order valence-electron chi connectivity index (χ4n) is 1.68. The summed E-state index contributed by atoms with van der Waals surface area (Å²) in [4.78, 5) is 19.8. The molecule has 0 amide bonds. The molecule has 102 valence electrons. The fourth-order valence-corrected chi connectivity index (χ4v) is 2.74. The average molecular weight is 298 g/mol. The third-order valence-corrected chi connectivity index (χ3v) is 4.11. The lowest BCUT2D eigenvalue weighted by Gasteiger charge is -2.14. The summed E-state index contributed by atoms with van der Waals surface area (Å²) >= 11 is 7.44. The molecule has 0 radical (unpaired) electrons. The number of aromatic amines is 1. The third-order valence-electron chi connectivity index (χ3n) is 2.69. The maximum Gasteiger partial charge on any atom is 0.252 e.